The SMILES string of the molecule is C1=C[N+]2(N(c3ccc4ccc(-c5ccccn5)nc4c3)C3CCC3)C=NC=C2C=N1. The average Bonchev–Trinajstić information content (AvgIpc) is 3.21. The molecule has 0 saturated heterocycles. The van der Waals surface area contributed by atoms with Crippen molar-refractivity contribution in [2.45, 2.75) is 25.3 Å². The molecule has 1 aromatic carbocycles. The lowest BCUT2D eigenvalue weighted by molar-refractivity contribution is -0.746. The summed E-state index contributed by atoms with van der Waals surface area (Å²) in [7, 11) is 0. The largest absolute Gasteiger partial charge is 0.255 e. The molecule has 6 nitrogen and oxygen atoms in total. The normalized spacial score (nSPS) is 22.1. The molecule has 1 atom stereocenters. The highest BCUT2D eigenvalue weighted by molar-refractivity contribution is 5.86. The summed E-state index contributed by atoms with van der Waals surface area (Å²) in [5, 5.41) is 3.57. The third-order valence-electron chi connectivity index (χ3n) is 6.09. The first-order chi connectivity index (χ1) is 14.8. The van der Waals surface area contributed by atoms with Crippen LogP contribution in [0, 0.1) is 0 Å². The maximum Gasteiger partial charge on any atom is 0.225 e. The van der Waals surface area contributed by atoms with Gasteiger partial charge in [-0.25, -0.2) is 15.0 Å². The topological polar surface area (TPSA) is 53.7 Å². The fourth-order valence-corrected chi connectivity index (χ4v) is 4.34. The van der Waals surface area contributed by atoms with Crippen molar-refractivity contribution < 1.29 is 4.59 Å². The fourth-order valence-electron chi connectivity index (χ4n) is 4.34. The number of hydrogen-bond acceptors (Lipinski definition) is 5. The van der Waals surface area contributed by atoms with Crippen molar-refractivity contribution in [1.29, 1.82) is 0 Å². The van der Waals surface area contributed by atoms with E-state index in [0.29, 0.717) is 10.6 Å². The Labute approximate surface area is 174 Å². The number of anilines is 1. The first-order valence-corrected chi connectivity index (χ1v) is 10.3. The lowest BCUT2D eigenvalue weighted by Crippen LogP contribution is -2.61. The van der Waals surface area contributed by atoms with Gasteiger partial charge in [-0.1, -0.05) is 18.2 Å². The summed E-state index contributed by atoms with van der Waals surface area (Å²) >= 11 is 0. The monoisotopic (exact) mass is 393 g/mol. The smallest absolute Gasteiger partial charge is 0.225 e. The van der Waals surface area contributed by atoms with Crippen molar-refractivity contribution in [2.24, 2.45) is 9.98 Å². The van der Waals surface area contributed by atoms with Gasteiger partial charge in [0.2, 0.25) is 12.0 Å². The minimum Gasteiger partial charge on any atom is -0.255 e. The van der Waals surface area contributed by atoms with Gasteiger partial charge in [0.1, 0.15) is 0 Å². The number of benzene rings is 1. The highest BCUT2D eigenvalue weighted by Crippen LogP contribution is 2.39. The molecule has 6 heteroatoms. The number of rotatable bonds is 4. The summed E-state index contributed by atoms with van der Waals surface area (Å²) in [6.45, 7) is 0. The summed E-state index contributed by atoms with van der Waals surface area (Å²) in [5.74, 6) is 0. The molecular weight excluding hydrogens is 372 g/mol. The highest BCUT2D eigenvalue weighted by atomic mass is 15.8. The molecule has 2 aliphatic heterocycles. The number of allylic oxidation sites excluding steroid dienone is 1. The van der Waals surface area contributed by atoms with Crippen molar-refractivity contribution in [3.63, 3.8) is 0 Å². The lowest BCUT2D eigenvalue weighted by atomic mass is 9.91. The van der Waals surface area contributed by atoms with Gasteiger partial charge < -0.3 is 0 Å². The van der Waals surface area contributed by atoms with Crippen LogP contribution in [0.5, 0.6) is 0 Å². The molecule has 4 heterocycles. The Morgan fingerprint density at radius 3 is 2.73 bits per heavy atom. The Kier molecular flexibility index (Phi) is 3.86. The van der Waals surface area contributed by atoms with Crippen molar-refractivity contribution in [2.75, 3.05) is 5.01 Å². The lowest BCUT2D eigenvalue weighted by Gasteiger charge is -2.46. The molecule has 0 amide bonds. The summed E-state index contributed by atoms with van der Waals surface area (Å²) in [5.41, 5.74) is 4.93. The quantitative estimate of drug-likeness (QED) is 0.597. The second-order valence-corrected chi connectivity index (χ2v) is 7.85. The number of quaternary nitrogens is 1. The summed E-state index contributed by atoms with van der Waals surface area (Å²) < 4.78 is 0.458. The zero-order chi connectivity index (χ0) is 20.0. The first kappa shape index (κ1) is 17.2. The number of pyridine rings is 2. The number of aliphatic imine (C=N–C) groups is 2. The Morgan fingerprint density at radius 1 is 0.967 bits per heavy atom. The van der Waals surface area contributed by atoms with E-state index in [2.05, 4.69) is 50.4 Å². The van der Waals surface area contributed by atoms with Crippen LogP contribution in [0.25, 0.3) is 22.3 Å². The van der Waals surface area contributed by atoms with E-state index in [0.717, 1.165) is 33.7 Å². The third-order valence-corrected chi connectivity index (χ3v) is 6.09. The molecule has 0 radical (unpaired) electrons. The zero-order valence-corrected chi connectivity index (χ0v) is 16.5. The van der Waals surface area contributed by atoms with Crippen LogP contribution in [0.2, 0.25) is 0 Å². The molecule has 0 spiro atoms. The highest BCUT2D eigenvalue weighted by Gasteiger charge is 2.46. The number of aromatic nitrogens is 2. The van der Waals surface area contributed by atoms with E-state index >= 15 is 0 Å². The first-order valence-electron chi connectivity index (χ1n) is 10.3. The molecule has 0 N–H and O–H groups in total. The third kappa shape index (κ3) is 2.61. The van der Waals surface area contributed by atoms with Crippen LogP contribution in [0.3, 0.4) is 0 Å². The predicted octanol–water partition coefficient (Wildman–Crippen LogP) is 4.83. The Balaban J connectivity index is 1.48. The maximum atomic E-state index is 4.93. The van der Waals surface area contributed by atoms with Gasteiger partial charge in [0.05, 0.1) is 47.2 Å². The molecule has 1 fully saturated rings. The standard InChI is InChI=1S/C24H21N6/c1-2-11-27-22(6-1)23-10-8-18-7-9-20(14-24(18)28-23)29(19-4-3-5-19)30-13-12-25-15-21(30)16-26-17-30/h1-2,6-17,19H,3-5H2/q+1. The van der Waals surface area contributed by atoms with E-state index in [-0.39, 0.29) is 0 Å². The molecule has 146 valence electrons. The van der Waals surface area contributed by atoms with Crippen molar-refractivity contribution >= 4 is 29.1 Å². The number of nitrogens with zero attached hydrogens (tertiary/aromatic N) is 6. The minimum absolute atomic E-state index is 0.450. The predicted molar refractivity (Wildman–Crippen MR) is 120 cm³/mol. The second kappa shape index (κ2) is 6.71. The average molecular weight is 393 g/mol. The molecule has 3 aromatic rings. The van der Waals surface area contributed by atoms with Crippen molar-refractivity contribution in [3.8, 4) is 11.4 Å². The molecule has 2 aromatic heterocycles. The van der Waals surface area contributed by atoms with Crippen molar-refractivity contribution in [1.82, 2.24) is 9.97 Å². The van der Waals surface area contributed by atoms with Crippen LogP contribution in [0.15, 0.2) is 89.0 Å². The van der Waals surface area contributed by atoms with Gasteiger partial charge >= 0.3 is 0 Å². The van der Waals surface area contributed by atoms with Crippen LogP contribution in [-0.2, 0) is 0 Å². The van der Waals surface area contributed by atoms with E-state index in [9.17, 15) is 0 Å². The molecule has 6 rings (SSSR count). The van der Waals surface area contributed by atoms with Gasteiger partial charge in [-0.2, -0.15) is 0 Å². The van der Waals surface area contributed by atoms with Crippen LogP contribution >= 0.6 is 0 Å². The summed E-state index contributed by atoms with van der Waals surface area (Å²) in [6, 6.07) is 17.0. The van der Waals surface area contributed by atoms with Gasteiger partial charge in [0.15, 0.2) is 6.20 Å². The van der Waals surface area contributed by atoms with Gasteiger partial charge in [-0.3, -0.25) is 9.98 Å². The summed E-state index contributed by atoms with van der Waals surface area (Å²) in [6.07, 6.45) is 15.1. The second-order valence-electron chi connectivity index (χ2n) is 7.85. The molecule has 1 aliphatic carbocycles. The molecule has 1 unspecified atom stereocenters. The molecule has 0 bridgehead atoms. The van der Waals surface area contributed by atoms with E-state index in [1.165, 1.54) is 19.3 Å². The van der Waals surface area contributed by atoms with Gasteiger partial charge in [0, 0.05) is 11.6 Å². The van der Waals surface area contributed by atoms with Gasteiger partial charge in [0.25, 0.3) is 0 Å². The zero-order valence-electron chi connectivity index (χ0n) is 16.5. The van der Waals surface area contributed by atoms with E-state index in [4.69, 9.17) is 4.98 Å². The Bertz CT molecular complexity index is 1240. The van der Waals surface area contributed by atoms with Crippen LogP contribution in [0.1, 0.15) is 19.3 Å². The van der Waals surface area contributed by atoms with Crippen LogP contribution in [0.4, 0.5) is 5.69 Å². The van der Waals surface area contributed by atoms with E-state index in [1.807, 2.05) is 49.2 Å². The van der Waals surface area contributed by atoms with Gasteiger partial charge in [-0.05, 0) is 49.6 Å². The number of fused-ring (bicyclic) bond motifs is 2. The Morgan fingerprint density at radius 2 is 1.90 bits per heavy atom. The van der Waals surface area contributed by atoms with E-state index in [1.54, 1.807) is 6.20 Å². The number of hydrogen-bond donors (Lipinski definition) is 0. The molecule has 3 aliphatic rings. The van der Waals surface area contributed by atoms with Crippen LogP contribution < -0.4 is 5.01 Å². The van der Waals surface area contributed by atoms with Gasteiger partial charge in [-0.15, -0.1) is 4.59 Å². The van der Waals surface area contributed by atoms with E-state index < -0.39 is 0 Å². The molecular formula is C24H21N6+. The van der Waals surface area contributed by atoms with Crippen LogP contribution in [-0.4, -0.2) is 33.2 Å². The van der Waals surface area contributed by atoms with Crippen molar-refractivity contribution in [3.05, 3.63) is 79.0 Å². The molecule has 1 saturated carbocycles. The maximum absolute atomic E-state index is 4.93. The Hall–Kier alpha value is -3.64. The molecule has 30 heavy (non-hydrogen) atoms. The fraction of sp³-hybridized carbons (Fsp3) is 0.167. The minimum atomic E-state index is 0.450. The summed E-state index contributed by atoms with van der Waals surface area (Å²) in [4.78, 5) is 18.2.